The Balaban J connectivity index is 2.03. The van der Waals surface area contributed by atoms with E-state index in [-0.39, 0.29) is 16.3 Å². The first-order valence-electron chi connectivity index (χ1n) is 7.63. The number of aryl methyl sites for hydroxylation is 1. The molecule has 2 aromatic rings. The first-order valence-corrected chi connectivity index (χ1v) is 8.00. The maximum atomic E-state index is 13.9. The maximum absolute atomic E-state index is 13.9. The molecule has 0 aromatic heterocycles. The fraction of sp³-hybridized carbons (Fsp3) is 0.278. The molecule has 0 spiro atoms. The minimum Gasteiger partial charge on any atom is -0.388 e. The number of nitrogens with one attached hydrogen (secondary N) is 1. The van der Waals surface area contributed by atoms with Gasteiger partial charge < -0.3 is 10.2 Å². The average molecular weight is 369 g/mol. The molecule has 0 saturated heterocycles. The van der Waals surface area contributed by atoms with Crippen molar-refractivity contribution in [1.82, 2.24) is 0 Å². The zero-order chi connectivity index (χ0) is 18.2. The average Bonchev–Trinajstić information content (AvgIpc) is 3.00. The predicted octanol–water partition coefficient (Wildman–Crippen LogP) is 5.27. The van der Waals surface area contributed by atoms with Gasteiger partial charge in [-0.2, -0.15) is 13.2 Å². The summed E-state index contributed by atoms with van der Waals surface area (Å²) >= 11 is 5.96. The number of oxime groups is 1. The number of hydrogen-bond acceptors (Lipinski definition) is 3. The summed E-state index contributed by atoms with van der Waals surface area (Å²) in [7, 11) is 1.74. The lowest BCUT2D eigenvalue weighted by Crippen LogP contribution is -2.42. The summed E-state index contributed by atoms with van der Waals surface area (Å²) in [6, 6.07) is 11.3. The van der Waals surface area contributed by atoms with Crippen molar-refractivity contribution in [2.75, 3.05) is 12.4 Å². The molecule has 25 heavy (non-hydrogen) atoms. The van der Waals surface area contributed by atoms with E-state index in [1.165, 1.54) is 12.1 Å². The van der Waals surface area contributed by atoms with Gasteiger partial charge in [0.25, 0.3) is 5.60 Å². The van der Waals surface area contributed by atoms with Crippen LogP contribution in [-0.4, -0.2) is 18.9 Å². The Morgan fingerprint density at radius 2 is 1.96 bits per heavy atom. The van der Waals surface area contributed by atoms with Crippen LogP contribution in [-0.2, 0) is 10.4 Å². The first-order chi connectivity index (χ1) is 11.7. The maximum Gasteiger partial charge on any atom is 0.435 e. The van der Waals surface area contributed by atoms with E-state index in [1.807, 2.05) is 6.07 Å². The molecule has 132 valence electrons. The van der Waals surface area contributed by atoms with Crippen LogP contribution in [0, 0.1) is 6.92 Å². The van der Waals surface area contributed by atoms with Gasteiger partial charge in [0.15, 0.2) is 0 Å². The molecule has 1 aliphatic heterocycles. The van der Waals surface area contributed by atoms with Crippen molar-refractivity contribution in [2.24, 2.45) is 5.16 Å². The molecule has 1 unspecified atom stereocenters. The second-order valence-electron chi connectivity index (χ2n) is 5.98. The summed E-state index contributed by atoms with van der Waals surface area (Å²) in [6.07, 6.45) is -5.06. The van der Waals surface area contributed by atoms with Crippen molar-refractivity contribution in [3.05, 3.63) is 64.2 Å². The molecule has 0 saturated carbocycles. The quantitative estimate of drug-likeness (QED) is 0.800. The van der Waals surface area contributed by atoms with Crippen LogP contribution >= 0.6 is 11.6 Å². The summed E-state index contributed by atoms with van der Waals surface area (Å²) < 4.78 is 41.8. The summed E-state index contributed by atoms with van der Waals surface area (Å²) in [5, 5.41) is 6.95. The van der Waals surface area contributed by atoms with Gasteiger partial charge in [0.05, 0.1) is 5.71 Å². The van der Waals surface area contributed by atoms with Gasteiger partial charge in [0.1, 0.15) is 0 Å². The third-order valence-electron chi connectivity index (χ3n) is 4.18. The van der Waals surface area contributed by atoms with Crippen LogP contribution in [0.4, 0.5) is 18.9 Å². The Bertz CT molecular complexity index is 815. The summed E-state index contributed by atoms with van der Waals surface area (Å²) in [5.41, 5.74) is -0.353. The molecule has 0 amide bonds. The number of halogens is 4. The van der Waals surface area contributed by atoms with E-state index >= 15 is 0 Å². The van der Waals surface area contributed by atoms with Crippen molar-refractivity contribution >= 4 is 23.0 Å². The third-order valence-corrected chi connectivity index (χ3v) is 4.40. The number of nitrogens with zero attached hydrogens (tertiary/aromatic N) is 1. The van der Waals surface area contributed by atoms with Gasteiger partial charge in [-0.15, -0.1) is 0 Å². The number of alkyl halides is 3. The van der Waals surface area contributed by atoms with E-state index in [4.69, 9.17) is 16.4 Å². The Hall–Kier alpha value is -2.21. The van der Waals surface area contributed by atoms with Crippen LogP contribution in [0.1, 0.15) is 23.1 Å². The highest BCUT2D eigenvalue weighted by Crippen LogP contribution is 2.49. The highest BCUT2D eigenvalue weighted by molar-refractivity contribution is 6.30. The lowest BCUT2D eigenvalue weighted by Gasteiger charge is -2.29. The fourth-order valence-electron chi connectivity index (χ4n) is 2.88. The zero-order valence-electron chi connectivity index (χ0n) is 13.6. The molecular weight excluding hydrogens is 353 g/mol. The molecule has 0 radical (unpaired) electrons. The van der Waals surface area contributed by atoms with E-state index < -0.39 is 18.2 Å². The van der Waals surface area contributed by atoms with Gasteiger partial charge in [-0.25, -0.2) is 0 Å². The highest BCUT2D eigenvalue weighted by Gasteiger charge is 2.62. The van der Waals surface area contributed by atoms with Crippen LogP contribution in [0.3, 0.4) is 0 Å². The van der Waals surface area contributed by atoms with E-state index in [1.54, 1.807) is 38.2 Å². The SMILES string of the molecule is CNc1cccc(C2=NOC(c3cc(C)cc(Cl)c3)(C(F)(F)F)C2)c1. The normalized spacial score (nSPS) is 20.2. The van der Waals surface area contributed by atoms with Crippen LogP contribution < -0.4 is 5.32 Å². The van der Waals surface area contributed by atoms with Gasteiger partial charge in [0.2, 0.25) is 0 Å². The number of hydrogen-bond donors (Lipinski definition) is 1. The standard InChI is InChI=1S/C18H16ClF3N2O/c1-11-6-13(9-14(19)7-11)17(18(20,21)22)10-16(24-25-17)12-4-3-5-15(8-12)23-2/h3-9,23H,10H2,1-2H3. The molecule has 1 atom stereocenters. The molecule has 0 aliphatic carbocycles. The number of rotatable bonds is 3. The Labute approximate surface area is 148 Å². The van der Waals surface area contributed by atoms with Gasteiger partial charge in [-0.3, -0.25) is 0 Å². The summed E-state index contributed by atoms with van der Waals surface area (Å²) in [6.45, 7) is 1.69. The molecule has 0 fully saturated rings. The molecular formula is C18H16ClF3N2O. The molecule has 1 aliphatic rings. The van der Waals surface area contributed by atoms with Crippen molar-refractivity contribution < 1.29 is 18.0 Å². The molecule has 3 nitrogen and oxygen atoms in total. The summed E-state index contributed by atoms with van der Waals surface area (Å²) in [5.74, 6) is 0. The third kappa shape index (κ3) is 3.18. The first kappa shape index (κ1) is 17.6. The van der Waals surface area contributed by atoms with E-state index in [0.29, 0.717) is 11.1 Å². The number of benzene rings is 2. The topological polar surface area (TPSA) is 33.6 Å². The molecule has 1 heterocycles. The van der Waals surface area contributed by atoms with Crippen LogP contribution in [0.5, 0.6) is 0 Å². The highest BCUT2D eigenvalue weighted by atomic mass is 35.5. The Morgan fingerprint density at radius 1 is 1.20 bits per heavy atom. The molecule has 7 heteroatoms. The van der Waals surface area contributed by atoms with E-state index in [2.05, 4.69) is 10.5 Å². The van der Waals surface area contributed by atoms with Gasteiger partial charge >= 0.3 is 6.18 Å². The molecule has 2 aromatic carbocycles. The Morgan fingerprint density at radius 3 is 2.60 bits per heavy atom. The van der Waals surface area contributed by atoms with Crippen molar-refractivity contribution in [1.29, 1.82) is 0 Å². The largest absolute Gasteiger partial charge is 0.435 e. The van der Waals surface area contributed by atoms with E-state index in [9.17, 15) is 13.2 Å². The van der Waals surface area contributed by atoms with E-state index in [0.717, 1.165) is 5.69 Å². The molecule has 3 rings (SSSR count). The zero-order valence-corrected chi connectivity index (χ0v) is 14.4. The van der Waals surface area contributed by atoms with Crippen molar-refractivity contribution in [3.8, 4) is 0 Å². The lowest BCUT2D eigenvalue weighted by molar-refractivity contribution is -0.275. The fourth-order valence-corrected chi connectivity index (χ4v) is 3.17. The second-order valence-corrected chi connectivity index (χ2v) is 6.42. The number of anilines is 1. The summed E-state index contributed by atoms with van der Waals surface area (Å²) in [4.78, 5) is 5.03. The minimum atomic E-state index is -4.64. The van der Waals surface area contributed by atoms with Crippen molar-refractivity contribution in [3.63, 3.8) is 0 Å². The smallest absolute Gasteiger partial charge is 0.388 e. The van der Waals surface area contributed by atoms with Gasteiger partial charge in [-0.1, -0.05) is 35.0 Å². The van der Waals surface area contributed by atoms with Gasteiger partial charge in [0, 0.05) is 35.3 Å². The predicted molar refractivity (Wildman–Crippen MR) is 92.1 cm³/mol. The van der Waals surface area contributed by atoms with Crippen molar-refractivity contribution in [2.45, 2.75) is 25.1 Å². The van der Waals surface area contributed by atoms with Crippen LogP contribution in [0.2, 0.25) is 5.02 Å². The van der Waals surface area contributed by atoms with Crippen LogP contribution in [0.15, 0.2) is 47.6 Å². The monoisotopic (exact) mass is 368 g/mol. The second kappa shape index (κ2) is 6.26. The van der Waals surface area contributed by atoms with Crippen LogP contribution in [0.25, 0.3) is 0 Å². The Kier molecular flexibility index (Phi) is 4.41. The molecule has 1 N–H and O–H groups in total. The molecule has 0 bridgehead atoms. The lowest BCUT2D eigenvalue weighted by atomic mass is 9.86. The van der Waals surface area contributed by atoms with Gasteiger partial charge in [-0.05, 0) is 36.8 Å². The minimum absolute atomic E-state index is 0.0477.